The Balaban J connectivity index is 2.04. The number of nitrogens with one attached hydrogen (secondary N) is 1. The van der Waals surface area contributed by atoms with Gasteiger partial charge in [-0.1, -0.05) is 23.7 Å². The highest BCUT2D eigenvalue weighted by Gasteiger charge is 2.01. The SMILES string of the molecule is Cc1nnccc1NC(=O)C=Cc1cccc(Cl)c1. The summed E-state index contributed by atoms with van der Waals surface area (Å²) in [5.41, 5.74) is 2.19. The van der Waals surface area contributed by atoms with Gasteiger partial charge in [-0.15, -0.1) is 0 Å². The van der Waals surface area contributed by atoms with Gasteiger partial charge in [-0.25, -0.2) is 0 Å². The number of benzene rings is 1. The monoisotopic (exact) mass is 273 g/mol. The first-order valence-corrected chi connectivity index (χ1v) is 6.06. The number of amides is 1. The topological polar surface area (TPSA) is 54.9 Å². The molecule has 0 aliphatic heterocycles. The fourth-order valence-corrected chi connectivity index (χ4v) is 1.69. The number of halogens is 1. The van der Waals surface area contributed by atoms with Crippen molar-refractivity contribution >= 4 is 29.3 Å². The molecule has 0 radical (unpaired) electrons. The van der Waals surface area contributed by atoms with E-state index >= 15 is 0 Å². The van der Waals surface area contributed by atoms with Crippen molar-refractivity contribution in [1.29, 1.82) is 0 Å². The summed E-state index contributed by atoms with van der Waals surface area (Å²) >= 11 is 5.86. The number of rotatable bonds is 3. The number of hydrogen-bond donors (Lipinski definition) is 1. The van der Waals surface area contributed by atoms with Crippen molar-refractivity contribution in [1.82, 2.24) is 10.2 Å². The van der Waals surface area contributed by atoms with E-state index < -0.39 is 0 Å². The average Bonchev–Trinajstić information content (AvgIpc) is 2.39. The zero-order valence-electron chi connectivity index (χ0n) is 10.3. The number of carbonyl (C=O) groups excluding carboxylic acids is 1. The lowest BCUT2D eigenvalue weighted by atomic mass is 10.2. The lowest BCUT2D eigenvalue weighted by Crippen LogP contribution is -2.09. The van der Waals surface area contributed by atoms with E-state index in [4.69, 9.17) is 11.6 Å². The van der Waals surface area contributed by atoms with Crippen LogP contribution < -0.4 is 5.32 Å². The molecule has 1 amide bonds. The average molecular weight is 274 g/mol. The molecule has 2 rings (SSSR count). The van der Waals surface area contributed by atoms with Crippen molar-refractivity contribution in [3.63, 3.8) is 0 Å². The molecule has 1 aromatic heterocycles. The number of anilines is 1. The highest BCUT2D eigenvalue weighted by molar-refractivity contribution is 6.30. The predicted molar refractivity (Wildman–Crippen MR) is 75.9 cm³/mol. The van der Waals surface area contributed by atoms with Crippen LogP contribution in [-0.2, 0) is 4.79 Å². The molecule has 96 valence electrons. The first kappa shape index (κ1) is 13.2. The van der Waals surface area contributed by atoms with Crippen LogP contribution >= 0.6 is 11.6 Å². The van der Waals surface area contributed by atoms with Crippen molar-refractivity contribution in [2.75, 3.05) is 5.32 Å². The Morgan fingerprint density at radius 3 is 2.95 bits per heavy atom. The highest BCUT2D eigenvalue weighted by atomic mass is 35.5. The van der Waals surface area contributed by atoms with Crippen molar-refractivity contribution < 1.29 is 4.79 Å². The molecule has 1 aromatic carbocycles. The summed E-state index contributed by atoms with van der Waals surface area (Å²) in [7, 11) is 0. The summed E-state index contributed by atoms with van der Waals surface area (Å²) in [5, 5.41) is 10.9. The van der Waals surface area contributed by atoms with Gasteiger partial charge in [0.05, 0.1) is 17.6 Å². The Morgan fingerprint density at radius 2 is 2.21 bits per heavy atom. The lowest BCUT2D eigenvalue weighted by Gasteiger charge is -2.03. The van der Waals surface area contributed by atoms with E-state index in [0.29, 0.717) is 16.4 Å². The smallest absolute Gasteiger partial charge is 0.248 e. The van der Waals surface area contributed by atoms with E-state index in [0.717, 1.165) is 5.56 Å². The Hall–Kier alpha value is -2.20. The van der Waals surface area contributed by atoms with Gasteiger partial charge in [0, 0.05) is 11.1 Å². The third kappa shape index (κ3) is 3.89. The molecule has 0 aliphatic carbocycles. The molecule has 4 nitrogen and oxygen atoms in total. The van der Waals surface area contributed by atoms with Crippen molar-refractivity contribution in [3.05, 3.63) is 58.9 Å². The summed E-state index contributed by atoms with van der Waals surface area (Å²) in [6, 6.07) is 8.97. The van der Waals surface area contributed by atoms with E-state index in [-0.39, 0.29) is 5.91 Å². The minimum atomic E-state index is -0.226. The van der Waals surface area contributed by atoms with Crippen LogP contribution in [0.25, 0.3) is 6.08 Å². The Labute approximate surface area is 116 Å². The van der Waals surface area contributed by atoms with Crippen LogP contribution in [0.1, 0.15) is 11.3 Å². The van der Waals surface area contributed by atoms with E-state index in [9.17, 15) is 4.79 Å². The standard InChI is InChI=1S/C14H12ClN3O/c1-10-13(7-8-16-18-10)17-14(19)6-5-11-3-2-4-12(15)9-11/h2-9H,1H3,(H,16,17,19). The van der Waals surface area contributed by atoms with Gasteiger partial charge in [0.2, 0.25) is 5.91 Å². The molecule has 0 atom stereocenters. The summed E-state index contributed by atoms with van der Waals surface area (Å²) < 4.78 is 0. The number of hydrogen-bond acceptors (Lipinski definition) is 3. The Morgan fingerprint density at radius 1 is 1.37 bits per heavy atom. The fourth-order valence-electron chi connectivity index (χ4n) is 1.49. The van der Waals surface area contributed by atoms with Gasteiger partial charge >= 0.3 is 0 Å². The molecule has 2 aromatic rings. The van der Waals surface area contributed by atoms with Crippen LogP contribution in [0.2, 0.25) is 5.02 Å². The maximum absolute atomic E-state index is 11.7. The second-order valence-electron chi connectivity index (χ2n) is 3.91. The van der Waals surface area contributed by atoms with Crippen LogP contribution in [0, 0.1) is 6.92 Å². The quantitative estimate of drug-likeness (QED) is 0.875. The van der Waals surface area contributed by atoms with Gasteiger partial charge in [-0.3, -0.25) is 4.79 Å². The first-order valence-electron chi connectivity index (χ1n) is 5.68. The van der Waals surface area contributed by atoms with Gasteiger partial charge in [-0.2, -0.15) is 10.2 Å². The largest absolute Gasteiger partial charge is 0.321 e. The molecule has 0 saturated heterocycles. The normalized spacial score (nSPS) is 10.6. The Bertz CT molecular complexity index is 626. The van der Waals surface area contributed by atoms with Crippen LogP contribution in [0.5, 0.6) is 0 Å². The Kier molecular flexibility index (Phi) is 4.26. The van der Waals surface area contributed by atoms with E-state index in [1.165, 1.54) is 12.3 Å². The molecule has 1 heterocycles. The van der Waals surface area contributed by atoms with Crippen LogP contribution in [0.15, 0.2) is 42.6 Å². The number of aromatic nitrogens is 2. The third-order valence-corrected chi connectivity index (χ3v) is 2.67. The lowest BCUT2D eigenvalue weighted by molar-refractivity contribution is -0.111. The molecule has 1 N–H and O–H groups in total. The van der Waals surface area contributed by atoms with E-state index in [1.54, 1.807) is 31.2 Å². The molecule has 0 bridgehead atoms. The molecule has 0 aliphatic rings. The summed E-state index contributed by atoms with van der Waals surface area (Å²) in [6.07, 6.45) is 4.68. The second kappa shape index (κ2) is 6.11. The highest BCUT2D eigenvalue weighted by Crippen LogP contribution is 2.12. The predicted octanol–water partition coefficient (Wildman–Crippen LogP) is 3.09. The third-order valence-electron chi connectivity index (χ3n) is 2.44. The molecule has 0 spiro atoms. The van der Waals surface area contributed by atoms with Crippen LogP contribution in [0.4, 0.5) is 5.69 Å². The second-order valence-corrected chi connectivity index (χ2v) is 4.34. The van der Waals surface area contributed by atoms with Crippen molar-refractivity contribution in [3.8, 4) is 0 Å². The first-order chi connectivity index (χ1) is 9.15. The van der Waals surface area contributed by atoms with Gasteiger partial charge in [0.15, 0.2) is 0 Å². The van der Waals surface area contributed by atoms with Crippen molar-refractivity contribution in [2.24, 2.45) is 0 Å². The van der Waals surface area contributed by atoms with E-state index in [1.807, 2.05) is 12.1 Å². The molecule has 0 saturated carbocycles. The number of aryl methyl sites for hydroxylation is 1. The van der Waals surface area contributed by atoms with Gasteiger partial charge < -0.3 is 5.32 Å². The zero-order valence-corrected chi connectivity index (χ0v) is 11.1. The molecule has 19 heavy (non-hydrogen) atoms. The summed E-state index contributed by atoms with van der Waals surface area (Å²) in [5.74, 6) is -0.226. The molecule has 0 unspecified atom stereocenters. The van der Waals surface area contributed by atoms with E-state index in [2.05, 4.69) is 15.5 Å². The van der Waals surface area contributed by atoms with Gasteiger partial charge in [0.25, 0.3) is 0 Å². The molecule has 5 heteroatoms. The van der Waals surface area contributed by atoms with Gasteiger partial charge in [0.1, 0.15) is 0 Å². The molecular weight excluding hydrogens is 262 g/mol. The van der Waals surface area contributed by atoms with Gasteiger partial charge in [-0.05, 0) is 36.8 Å². The number of nitrogens with zero attached hydrogens (tertiary/aromatic N) is 2. The molecule has 0 fully saturated rings. The van der Waals surface area contributed by atoms with Crippen LogP contribution in [-0.4, -0.2) is 16.1 Å². The number of carbonyl (C=O) groups is 1. The maximum atomic E-state index is 11.7. The minimum Gasteiger partial charge on any atom is -0.321 e. The fraction of sp³-hybridized carbons (Fsp3) is 0.0714. The zero-order chi connectivity index (χ0) is 13.7. The summed E-state index contributed by atoms with van der Waals surface area (Å²) in [6.45, 7) is 1.78. The summed E-state index contributed by atoms with van der Waals surface area (Å²) in [4.78, 5) is 11.7. The minimum absolute atomic E-state index is 0.226. The van der Waals surface area contributed by atoms with Crippen LogP contribution in [0.3, 0.4) is 0 Å². The molecular formula is C14H12ClN3O. The maximum Gasteiger partial charge on any atom is 0.248 e. The van der Waals surface area contributed by atoms with Crippen molar-refractivity contribution in [2.45, 2.75) is 6.92 Å².